The lowest BCUT2D eigenvalue weighted by Gasteiger charge is -2.31. The Morgan fingerprint density at radius 3 is 2.37 bits per heavy atom. The first kappa shape index (κ1) is 14.4. The second-order valence-electron chi connectivity index (χ2n) is 5.82. The molecule has 19 heavy (non-hydrogen) atoms. The molecule has 0 heterocycles. The highest BCUT2D eigenvalue weighted by Crippen LogP contribution is 2.26. The SMILES string of the molecule is CCCN(CC1CCCCC1)c1ccc(CN)cc1. The molecule has 1 aromatic rings. The highest BCUT2D eigenvalue weighted by atomic mass is 15.1. The number of nitrogens with zero attached hydrogens (tertiary/aromatic N) is 1. The maximum Gasteiger partial charge on any atom is 0.0366 e. The van der Waals surface area contributed by atoms with Crippen LogP contribution >= 0.6 is 0 Å². The summed E-state index contributed by atoms with van der Waals surface area (Å²) in [6, 6.07) is 8.80. The van der Waals surface area contributed by atoms with Crippen LogP contribution in [-0.4, -0.2) is 13.1 Å². The summed E-state index contributed by atoms with van der Waals surface area (Å²) in [5.74, 6) is 0.898. The molecule has 0 atom stereocenters. The van der Waals surface area contributed by atoms with Crippen LogP contribution in [0.1, 0.15) is 51.0 Å². The Bertz CT molecular complexity index is 352. The number of benzene rings is 1. The summed E-state index contributed by atoms with van der Waals surface area (Å²) < 4.78 is 0. The highest BCUT2D eigenvalue weighted by molar-refractivity contribution is 5.47. The van der Waals surface area contributed by atoms with Crippen LogP contribution in [0.5, 0.6) is 0 Å². The second kappa shape index (κ2) is 7.54. The van der Waals surface area contributed by atoms with E-state index in [2.05, 4.69) is 36.1 Å². The first-order chi connectivity index (χ1) is 9.33. The van der Waals surface area contributed by atoms with Crippen LogP contribution < -0.4 is 10.6 Å². The molecule has 0 radical (unpaired) electrons. The average Bonchev–Trinajstić information content (AvgIpc) is 2.48. The molecule has 0 saturated heterocycles. The van der Waals surface area contributed by atoms with Gasteiger partial charge < -0.3 is 10.6 Å². The van der Waals surface area contributed by atoms with E-state index < -0.39 is 0 Å². The van der Waals surface area contributed by atoms with Crippen LogP contribution in [0.3, 0.4) is 0 Å². The van der Waals surface area contributed by atoms with Crippen molar-refractivity contribution in [3.8, 4) is 0 Å². The van der Waals surface area contributed by atoms with Crippen LogP contribution in [-0.2, 0) is 6.54 Å². The number of anilines is 1. The fourth-order valence-electron chi connectivity index (χ4n) is 3.12. The molecular formula is C17H28N2. The van der Waals surface area contributed by atoms with E-state index in [4.69, 9.17) is 5.73 Å². The maximum absolute atomic E-state index is 5.67. The summed E-state index contributed by atoms with van der Waals surface area (Å²) in [7, 11) is 0. The van der Waals surface area contributed by atoms with Gasteiger partial charge in [0.2, 0.25) is 0 Å². The van der Waals surface area contributed by atoms with Crippen molar-refractivity contribution in [3.05, 3.63) is 29.8 Å². The summed E-state index contributed by atoms with van der Waals surface area (Å²) >= 11 is 0. The zero-order chi connectivity index (χ0) is 13.5. The predicted molar refractivity (Wildman–Crippen MR) is 83.4 cm³/mol. The van der Waals surface area contributed by atoms with Gasteiger partial charge in [-0.05, 0) is 42.9 Å². The predicted octanol–water partition coefficient (Wildman–Crippen LogP) is 3.94. The first-order valence-electron chi connectivity index (χ1n) is 7.87. The van der Waals surface area contributed by atoms with E-state index in [0.29, 0.717) is 6.54 Å². The third kappa shape index (κ3) is 4.24. The minimum Gasteiger partial charge on any atom is -0.371 e. The van der Waals surface area contributed by atoms with Gasteiger partial charge in [0, 0.05) is 25.3 Å². The van der Waals surface area contributed by atoms with E-state index >= 15 is 0 Å². The second-order valence-corrected chi connectivity index (χ2v) is 5.82. The van der Waals surface area contributed by atoms with Crippen molar-refractivity contribution in [2.24, 2.45) is 11.7 Å². The van der Waals surface area contributed by atoms with Gasteiger partial charge >= 0.3 is 0 Å². The zero-order valence-corrected chi connectivity index (χ0v) is 12.3. The lowest BCUT2D eigenvalue weighted by atomic mass is 9.89. The van der Waals surface area contributed by atoms with Gasteiger partial charge in [-0.2, -0.15) is 0 Å². The Kier molecular flexibility index (Phi) is 5.71. The van der Waals surface area contributed by atoms with Crippen molar-refractivity contribution in [1.82, 2.24) is 0 Å². The molecule has 0 unspecified atom stereocenters. The van der Waals surface area contributed by atoms with Gasteiger partial charge in [0.15, 0.2) is 0 Å². The van der Waals surface area contributed by atoms with Crippen molar-refractivity contribution in [2.75, 3.05) is 18.0 Å². The normalized spacial score (nSPS) is 16.5. The van der Waals surface area contributed by atoms with Crippen molar-refractivity contribution in [3.63, 3.8) is 0 Å². The Balaban J connectivity index is 2.00. The van der Waals surface area contributed by atoms with E-state index in [1.54, 1.807) is 0 Å². The summed E-state index contributed by atoms with van der Waals surface area (Å²) in [5, 5.41) is 0. The van der Waals surface area contributed by atoms with E-state index in [-0.39, 0.29) is 0 Å². The third-order valence-electron chi connectivity index (χ3n) is 4.23. The van der Waals surface area contributed by atoms with Crippen molar-refractivity contribution in [1.29, 1.82) is 0 Å². The van der Waals surface area contributed by atoms with Gasteiger partial charge in [-0.3, -0.25) is 0 Å². The number of nitrogens with two attached hydrogens (primary N) is 1. The van der Waals surface area contributed by atoms with Crippen molar-refractivity contribution >= 4 is 5.69 Å². The molecule has 0 spiro atoms. The lowest BCUT2D eigenvalue weighted by molar-refractivity contribution is 0.358. The van der Waals surface area contributed by atoms with Crippen molar-refractivity contribution < 1.29 is 0 Å². The molecule has 0 bridgehead atoms. The topological polar surface area (TPSA) is 29.3 Å². The van der Waals surface area contributed by atoms with Gasteiger partial charge in [-0.15, -0.1) is 0 Å². The molecule has 2 rings (SSSR count). The van der Waals surface area contributed by atoms with Gasteiger partial charge in [0.05, 0.1) is 0 Å². The number of hydrogen-bond donors (Lipinski definition) is 1. The van der Waals surface area contributed by atoms with Crippen molar-refractivity contribution in [2.45, 2.75) is 52.0 Å². The molecular weight excluding hydrogens is 232 g/mol. The van der Waals surface area contributed by atoms with E-state index in [9.17, 15) is 0 Å². The van der Waals surface area contributed by atoms with Gasteiger partial charge in [0.25, 0.3) is 0 Å². The minimum absolute atomic E-state index is 0.636. The van der Waals surface area contributed by atoms with Crippen LogP contribution in [0.4, 0.5) is 5.69 Å². The molecule has 2 nitrogen and oxygen atoms in total. The highest BCUT2D eigenvalue weighted by Gasteiger charge is 2.17. The van der Waals surface area contributed by atoms with E-state index in [1.807, 2.05) is 0 Å². The fourth-order valence-corrected chi connectivity index (χ4v) is 3.12. The Morgan fingerprint density at radius 2 is 1.79 bits per heavy atom. The summed E-state index contributed by atoms with van der Waals surface area (Å²) in [4.78, 5) is 2.57. The third-order valence-corrected chi connectivity index (χ3v) is 4.23. The molecule has 0 amide bonds. The monoisotopic (exact) mass is 260 g/mol. The lowest BCUT2D eigenvalue weighted by Crippen LogP contribution is -2.31. The smallest absolute Gasteiger partial charge is 0.0366 e. The standard InChI is InChI=1S/C17H28N2/c1-2-12-19(14-16-6-4-3-5-7-16)17-10-8-15(13-18)9-11-17/h8-11,16H,2-7,12-14,18H2,1H3. The molecule has 2 heteroatoms. The van der Waals surface area contributed by atoms with Crippen LogP contribution in [0.2, 0.25) is 0 Å². The van der Waals surface area contributed by atoms with Crippen LogP contribution in [0.15, 0.2) is 24.3 Å². The molecule has 0 aliphatic heterocycles. The molecule has 106 valence electrons. The maximum atomic E-state index is 5.67. The number of rotatable bonds is 6. The van der Waals surface area contributed by atoms with Gasteiger partial charge in [0.1, 0.15) is 0 Å². The average molecular weight is 260 g/mol. The summed E-state index contributed by atoms with van der Waals surface area (Å²) in [5.41, 5.74) is 8.26. The van der Waals surface area contributed by atoms with Gasteiger partial charge in [-0.25, -0.2) is 0 Å². The Hall–Kier alpha value is -1.02. The minimum atomic E-state index is 0.636. The molecule has 0 aromatic heterocycles. The molecule has 1 saturated carbocycles. The fraction of sp³-hybridized carbons (Fsp3) is 0.647. The molecule has 2 N–H and O–H groups in total. The molecule has 1 aliphatic rings. The Labute approximate surface area is 118 Å². The van der Waals surface area contributed by atoms with Crippen LogP contribution in [0.25, 0.3) is 0 Å². The zero-order valence-electron chi connectivity index (χ0n) is 12.3. The number of hydrogen-bond acceptors (Lipinski definition) is 2. The quantitative estimate of drug-likeness (QED) is 0.839. The van der Waals surface area contributed by atoms with Crippen LogP contribution in [0, 0.1) is 5.92 Å². The molecule has 1 fully saturated rings. The summed E-state index contributed by atoms with van der Waals surface area (Å²) in [6.45, 7) is 5.30. The summed E-state index contributed by atoms with van der Waals surface area (Å²) in [6.07, 6.45) is 8.34. The molecule has 1 aliphatic carbocycles. The molecule has 1 aromatic carbocycles. The van der Waals surface area contributed by atoms with E-state index in [0.717, 1.165) is 5.92 Å². The van der Waals surface area contributed by atoms with E-state index in [1.165, 1.54) is 62.9 Å². The Morgan fingerprint density at radius 1 is 1.11 bits per heavy atom. The van der Waals surface area contributed by atoms with Gasteiger partial charge in [-0.1, -0.05) is 38.3 Å². The largest absolute Gasteiger partial charge is 0.371 e. The first-order valence-corrected chi connectivity index (χ1v) is 7.87.